The molecule has 0 spiro atoms. The van der Waals surface area contributed by atoms with Gasteiger partial charge in [-0.2, -0.15) is 0 Å². The summed E-state index contributed by atoms with van der Waals surface area (Å²) in [6.45, 7) is 2.63. The number of imidazole rings is 1. The number of nitrogens with one attached hydrogen (secondary N) is 1. The fourth-order valence-electron chi connectivity index (χ4n) is 1.69. The van der Waals surface area contributed by atoms with Crippen molar-refractivity contribution in [2.75, 3.05) is 11.1 Å². The van der Waals surface area contributed by atoms with Crippen LogP contribution in [-0.2, 0) is 6.54 Å². The Morgan fingerprint density at radius 2 is 2.37 bits per heavy atom. The number of anilines is 2. The maximum atomic E-state index is 10.9. The Labute approximate surface area is 110 Å². The van der Waals surface area contributed by atoms with E-state index in [9.17, 15) is 4.79 Å². The number of carbonyl (C=O) groups is 1. The van der Waals surface area contributed by atoms with E-state index in [-0.39, 0.29) is 11.7 Å². The highest BCUT2D eigenvalue weighted by atomic mass is 16.4. The standard InChI is InChI=1S/C12H15N5O2/c1-8(6-17-5-4-14-7-17)15-11-9(13)2-3-10(16-11)12(18)19/h2-5,7-8H,6,13H2,1H3,(H,15,16)(H,18,19). The molecule has 0 aliphatic carbocycles. The Kier molecular flexibility index (Phi) is 3.65. The van der Waals surface area contributed by atoms with Crippen LogP contribution in [0.1, 0.15) is 17.4 Å². The van der Waals surface area contributed by atoms with Crippen molar-refractivity contribution in [2.45, 2.75) is 19.5 Å². The number of hydrogen-bond donors (Lipinski definition) is 3. The quantitative estimate of drug-likeness (QED) is 0.743. The van der Waals surface area contributed by atoms with Gasteiger partial charge in [-0.3, -0.25) is 0 Å². The molecule has 1 atom stereocenters. The predicted molar refractivity (Wildman–Crippen MR) is 70.9 cm³/mol. The maximum absolute atomic E-state index is 10.9. The number of aromatic carboxylic acids is 1. The van der Waals surface area contributed by atoms with E-state index in [4.69, 9.17) is 10.8 Å². The first kappa shape index (κ1) is 12.9. The lowest BCUT2D eigenvalue weighted by Crippen LogP contribution is -2.23. The minimum absolute atomic E-state index is 0.0352. The maximum Gasteiger partial charge on any atom is 0.354 e. The summed E-state index contributed by atoms with van der Waals surface area (Å²) in [7, 11) is 0. The highest BCUT2D eigenvalue weighted by molar-refractivity contribution is 5.86. The lowest BCUT2D eigenvalue weighted by atomic mass is 10.3. The molecule has 100 valence electrons. The van der Waals surface area contributed by atoms with Crippen molar-refractivity contribution in [3.05, 3.63) is 36.5 Å². The fraction of sp³-hybridized carbons (Fsp3) is 0.250. The Balaban J connectivity index is 2.09. The topological polar surface area (TPSA) is 106 Å². The van der Waals surface area contributed by atoms with Crippen LogP contribution < -0.4 is 11.1 Å². The van der Waals surface area contributed by atoms with Gasteiger partial charge in [0.15, 0.2) is 5.69 Å². The van der Waals surface area contributed by atoms with Crippen molar-refractivity contribution in [1.29, 1.82) is 0 Å². The van der Waals surface area contributed by atoms with Gasteiger partial charge in [0.2, 0.25) is 0 Å². The molecule has 1 unspecified atom stereocenters. The summed E-state index contributed by atoms with van der Waals surface area (Å²) in [5.74, 6) is -0.696. The van der Waals surface area contributed by atoms with Gasteiger partial charge in [0, 0.05) is 25.0 Å². The molecule has 2 aromatic heterocycles. The molecule has 19 heavy (non-hydrogen) atoms. The number of aromatic nitrogens is 3. The molecule has 0 bridgehead atoms. The van der Waals surface area contributed by atoms with Gasteiger partial charge >= 0.3 is 5.97 Å². The van der Waals surface area contributed by atoms with Crippen LogP contribution in [0.15, 0.2) is 30.9 Å². The van der Waals surface area contributed by atoms with Crippen LogP contribution in [0.5, 0.6) is 0 Å². The largest absolute Gasteiger partial charge is 0.477 e. The molecular formula is C12H15N5O2. The summed E-state index contributed by atoms with van der Waals surface area (Å²) in [4.78, 5) is 18.8. The number of hydrogen-bond acceptors (Lipinski definition) is 5. The number of rotatable bonds is 5. The number of nitrogens with zero attached hydrogens (tertiary/aromatic N) is 3. The average Bonchev–Trinajstić information content (AvgIpc) is 2.84. The normalized spacial score (nSPS) is 12.1. The summed E-state index contributed by atoms with van der Waals surface area (Å²) in [5, 5.41) is 12.0. The van der Waals surface area contributed by atoms with Crippen molar-refractivity contribution >= 4 is 17.5 Å². The molecule has 0 saturated heterocycles. The van der Waals surface area contributed by atoms with Gasteiger partial charge in [-0.05, 0) is 19.1 Å². The zero-order chi connectivity index (χ0) is 13.8. The molecule has 2 aromatic rings. The molecule has 0 aromatic carbocycles. The molecule has 7 heteroatoms. The minimum atomic E-state index is -1.08. The third-order valence-electron chi connectivity index (χ3n) is 2.57. The lowest BCUT2D eigenvalue weighted by molar-refractivity contribution is 0.0690. The molecule has 0 radical (unpaired) electrons. The van der Waals surface area contributed by atoms with E-state index in [1.54, 1.807) is 12.5 Å². The monoisotopic (exact) mass is 261 g/mol. The van der Waals surface area contributed by atoms with E-state index >= 15 is 0 Å². The second kappa shape index (κ2) is 5.38. The number of carboxylic acid groups (broad SMARTS) is 1. The van der Waals surface area contributed by atoms with Crippen LogP contribution in [0.3, 0.4) is 0 Å². The molecular weight excluding hydrogens is 246 g/mol. The second-order valence-corrected chi connectivity index (χ2v) is 4.24. The first-order valence-electron chi connectivity index (χ1n) is 5.78. The van der Waals surface area contributed by atoms with E-state index in [1.165, 1.54) is 12.1 Å². The second-order valence-electron chi connectivity index (χ2n) is 4.24. The van der Waals surface area contributed by atoms with Crippen LogP contribution in [-0.4, -0.2) is 31.7 Å². The summed E-state index contributed by atoms with van der Waals surface area (Å²) < 4.78 is 1.91. The fourth-order valence-corrected chi connectivity index (χ4v) is 1.69. The molecule has 0 amide bonds. The van der Waals surface area contributed by atoms with E-state index in [0.29, 0.717) is 18.1 Å². The van der Waals surface area contributed by atoms with Gasteiger partial charge in [-0.1, -0.05) is 0 Å². The summed E-state index contributed by atoms with van der Waals surface area (Å²) in [6, 6.07) is 2.94. The lowest BCUT2D eigenvalue weighted by Gasteiger charge is -2.16. The van der Waals surface area contributed by atoms with E-state index in [0.717, 1.165) is 0 Å². The van der Waals surface area contributed by atoms with E-state index in [1.807, 2.05) is 17.7 Å². The van der Waals surface area contributed by atoms with Crippen LogP contribution in [0.4, 0.5) is 11.5 Å². The first-order valence-corrected chi connectivity index (χ1v) is 5.78. The summed E-state index contributed by atoms with van der Waals surface area (Å²) in [6.07, 6.45) is 5.26. The van der Waals surface area contributed by atoms with Gasteiger partial charge in [0.25, 0.3) is 0 Å². The van der Waals surface area contributed by atoms with Crippen molar-refractivity contribution in [3.8, 4) is 0 Å². The molecule has 2 heterocycles. The number of carboxylic acids is 1. The zero-order valence-electron chi connectivity index (χ0n) is 10.4. The number of nitrogens with two attached hydrogens (primary N) is 1. The highest BCUT2D eigenvalue weighted by Crippen LogP contribution is 2.17. The highest BCUT2D eigenvalue weighted by Gasteiger charge is 2.11. The molecule has 2 rings (SSSR count). The van der Waals surface area contributed by atoms with Gasteiger partial charge < -0.3 is 20.7 Å². The summed E-state index contributed by atoms with van der Waals surface area (Å²) >= 11 is 0. The SMILES string of the molecule is CC(Cn1ccnc1)Nc1nc(C(=O)O)ccc1N. The van der Waals surface area contributed by atoms with Crippen molar-refractivity contribution in [1.82, 2.24) is 14.5 Å². The number of nitrogen functional groups attached to an aromatic ring is 1. The minimum Gasteiger partial charge on any atom is -0.477 e. The van der Waals surface area contributed by atoms with Gasteiger partial charge in [-0.15, -0.1) is 0 Å². The van der Waals surface area contributed by atoms with Crippen LogP contribution in [0, 0.1) is 0 Å². The predicted octanol–water partition coefficient (Wildman–Crippen LogP) is 1.06. The molecule has 4 N–H and O–H groups in total. The summed E-state index contributed by atoms with van der Waals surface area (Å²) in [5.41, 5.74) is 6.16. The molecule has 7 nitrogen and oxygen atoms in total. The van der Waals surface area contributed by atoms with E-state index < -0.39 is 5.97 Å². The van der Waals surface area contributed by atoms with Crippen molar-refractivity contribution in [3.63, 3.8) is 0 Å². The molecule has 0 saturated carbocycles. The third-order valence-corrected chi connectivity index (χ3v) is 2.57. The van der Waals surface area contributed by atoms with Crippen LogP contribution in [0.2, 0.25) is 0 Å². The Bertz CT molecular complexity index is 568. The zero-order valence-corrected chi connectivity index (χ0v) is 10.4. The van der Waals surface area contributed by atoms with Crippen LogP contribution >= 0.6 is 0 Å². The van der Waals surface area contributed by atoms with Gasteiger partial charge in [0.05, 0.1) is 12.0 Å². The van der Waals surface area contributed by atoms with E-state index in [2.05, 4.69) is 15.3 Å². The average molecular weight is 261 g/mol. The molecule has 0 fully saturated rings. The van der Waals surface area contributed by atoms with Gasteiger partial charge in [0.1, 0.15) is 5.82 Å². The van der Waals surface area contributed by atoms with Gasteiger partial charge in [-0.25, -0.2) is 14.8 Å². The molecule has 0 aliphatic heterocycles. The Hall–Kier alpha value is -2.57. The number of pyridine rings is 1. The van der Waals surface area contributed by atoms with Crippen molar-refractivity contribution in [2.24, 2.45) is 0 Å². The third kappa shape index (κ3) is 3.21. The smallest absolute Gasteiger partial charge is 0.354 e. The Morgan fingerprint density at radius 3 is 3.00 bits per heavy atom. The van der Waals surface area contributed by atoms with Crippen LogP contribution in [0.25, 0.3) is 0 Å². The Morgan fingerprint density at radius 1 is 1.58 bits per heavy atom. The first-order chi connectivity index (χ1) is 9.06. The van der Waals surface area contributed by atoms with Crippen molar-refractivity contribution < 1.29 is 9.90 Å². The molecule has 0 aliphatic rings.